The Kier molecular flexibility index (Phi) is 5.72. The van der Waals surface area contributed by atoms with Crippen molar-refractivity contribution in [3.8, 4) is 22.4 Å². The molecule has 2 N–H and O–H groups in total. The summed E-state index contributed by atoms with van der Waals surface area (Å²) < 4.78 is 13.7. The quantitative estimate of drug-likeness (QED) is 0.281. The number of amides is 1. The Morgan fingerprint density at radius 1 is 0.824 bits per heavy atom. The second-order valence-electron chi connectivity index (χ2n) is 8.67. The van der Waals surface area contributed by atoms with Gasteiger partial charge < -0.3 is 10.3 Å². The fourth-order valence-corrected chi connectivity index (χ4v) is 4.45. The van der Waals surface area contributed by atoms with Crippen LogP contribution in [0.5, 0.6) is 0 Å². The molecule has 0 saturated heterocycles. The number of rotatable bonds is 5. The van der Waals surface area contributed by atoms with Gasteiger partial charge in [-0.25, -0.2) is 4.39 Å². The molecule has 0 saturated carbocycles. The lowest BCUT2D eigenvalue weighted by atomic mass is 9.91. The first-order valence-electron chi connectivity index (χ1n) is 11.4. The Bertz CT molecular complexity index is 1460. The minimum Gasteiger partial charge on any atom is -0.357 e. The largest absolute Gasteiger partial charge is 0.357 e. The van der Waals surface area contributed by atoms with Crippen LogP contribution in [0, 0.1) is 5.82 Å². The minimum absolute atomic E-state index is 0.0689. The highest BCUT2D eigenvalue weighted by Crippen LogP contribution is 2.42. The molecule has 0 aliphatic carbocycles. The molecule has 1 aromatic heterocycles. The van der Waals surface area contributed by atoms with Crippen LogP contribution in [0.1, 0.15) is 35.8 Å². The molecule has 0 spiro atoms. The zero-order chi connectivity index (χ0) is 23.7. The Balaban J connectivity index is 1.80. The molecule has 0 unspecified atom stereocenters. The van der Waals surface area contributed by atoms with Crippen LogP contribution in [-0.4, -0.2) is 10.9 Å². The number of benzene rings is 4. The number of para-hydroxylation sites is 1. The van der Waals surface area contributed by atoms with Crippen molar-refractivity contribution in [1.29, 1.82) is 0 Å². The zero-order valence-electron chi connectivity index (χ0n) is 19.1. The summed E-state index contributed by atoms with van der Waals surface area (Å²) >= 11 is 0. The van der Waals surface area contributed by atoms with Gasteiger partial charge in [-0.05, 0) is 64.2 Å². The van der Waals surface area contributed by atoms with E-state index in [4.69, 9.17) is 0 Å². The van der Waals surface area contributed by atoms with Gasteiger partial charge >= 0.3 is 0 Å². The topological polar surface area (TPSA) is 44.9 Å². The van der Waals surface area contributed by atoms with Crippen LogP contribution < -0.4 is 5.32 Å². The lowest BCUT2D eigenvalue weighted by Gasteiger charge is -2.13. The summed E-state index contributed by atoms with van der Waals surface area (Å²) in [5, 5.41) is 5.21. The summed E-state index contributed by atoms with van der Waals surface area (Å²) in [5.41, 5.74) is 5.59. The van der Waals surface area contributed by atoms with E-state index in [1.807, 2.05) is 54.6 Å². The van der Waals surface area contributed by atoms with E-state index in [0.717, 1.165) is 44.5 Å². The van der Waals surface area contributed by atoms with Gasteiger partial charge in [0.1, 0.15) is 5.82 Å². The first-order valence-corrected chi connectivity index (χ1v) is 11.4. The Hall–Kier alpha value is -4.18. The highest BCUT2D eigenvalue weighted by molar-refractivity contribution is 6.15. The number of carbonyl (C=O) groups is 1. The van der Waals surface area contributed by atoms with E-state index in [1.54, 1.807) is 12.1 Å². The van der Waals surface area contributed by atoms with Gasteiger partial charge in [0.2, 0.25) is 0 Å². The molecule has 0 fully saturated rings. The van der Waals surface area contributed by atoms with Crippen LogP contribution in [0.25, 0.3) is 33.2 Å². The Morgan fingerprint density at radius 3 is 2.24 bits per heavy atom. The zero-order valence-corrected chi connectivity index (χ0v) is 19.1. The van der Waals surface area contributed by atoms with Crippen LogP contribution in [0.4, 0.5) is 10.1 Å². The third-order valence-corrected chi connectivity index (χ3v) is 6.06. The molecule has 5 aromatic rings. The minimum atomic E-state index is -0.298. The normalized spacial score (nSPS) is 11.2. The first-order chi connectivity index (χ1) is 16.5. The van der Waals surface area contributed by atoms with Crippen molar-refractivity contribution in [2.24, 2.45) is 0 Å². The van der Waals surface area contributed by atoms with Gasteiger partial charge in [0.15, 0.2) is 0 Å². The first kappa shape index (κ1) is 21.7. The maximum Gasteiger partial charge on any atom is 0.258 e. The van der Waals surface area contributed by atoms with Crippen molar-refractivity contribution in [3.05, 3.63) is 114 Å². The number of aromatic amines is 1. The maximum atomic E-state index is 13.8. The molecule has 4 aromatic carbocycles. The van der Waals surface area contributed by atoms with Gasteiger partial charge in [0, 0.05) is 16.9 Å². The van der Waals surface area contributed by atoms with E-state index >= 15 is 0 Å². The number of fused-ring (bicyclic) bond motifs is 1. The molecular weight excluding hydrogens is 423 g/mol. The average Bonchev–Trinajstić information content (AvgIpc) is 3.26. The second-order valence-corrected chi connectivity index (χ2v) is 8.67. The fraction of sp³-hybridized carbons (Fsp3) is 0.100. The third-order valence-electron chi connectivity index (χ3n) is 6.06. The highest BCUT2D eigenvalue weighted by atomic mass is 19.1. The fourth-order valence-electron chi connectivity index (χ4n) is 4.45. The number of nitrogens with one attached hydrogen (secondary N) is 2. The molecule has 5 rings (SSSR count). The Morgan fingerprint density at radius 2 is 1.50 bits per heavy atom. The van der Waals surface area contributed by atoms with Gasteiger partial charge in [-0.2, -0.15) is 0 Å². The van der Waals surface area contributed by atoms with E-state index in [2.05, 4.69) is 42.3 Å². The summed E-state index contributed by atoms with van der Waals surface area (Å²) in [4.78, 5) is 17.3. The standard InChI is InChI=1S/C30H25FN2O/c1-19(2)28-27(30(34)32-23-11-4-3-5-12-23)26(29(33-28)21-15-17-22(31)18-16-21)25-14-8-10-20-9-6-7-13-24(20)25/h3-19,33H,1-2H3,(H,32,34). The van der Waals surface area contributed by atoms with Crippen molar-refractivity contribution in [3.63, 3.8) is 0 Å². The molecule has 1 amide bonds. The molecule has 3 nitrogen and oxygen atoms in total. The summed E-state index contributed by atoms with van der Waals surface area (Å²) in [6.45, 7) is 4.12. The van der Waals surface area contributed by atoms with E-state index in [1.165, 1.54) is 12.1 Å². The van der Waals surface area contributed by atoms with Crippen LogP contribution in [0.3, 0.4) is 0 Å². The lowest BCUT2D eigenvalue weighted by molar-refractivity contribution is 0.102. The van der Waals surface area contributed by atoms with Crippen molar-refractivity contribution in [2.75, 3.05) is 5.32 Å². The second kappa shape index (κ2) is 8.99. The smallest absolute Gasteiger partial charge is 0.258 e. The van der Waals surface area contributed by atoms with E-state index in [9.17, 15) is 9.18 Å². The Labute approximate surface area is 198 Å². The third kappa shape index (κ3) is 3.99. The van der Waals surface area contributed by atoms with Crippen molar-refractivity contribution in [1.82, 2.24) is 4.98 Å². The number of halogens is 1. The summed E-state index contributed by atoms with van der Waals surface area (Å²) in [7, 11) is 0. The SMILES string of the molecule is CC(C)c1[nH]c(-c2ccc(F)cc2)c(-c2cccc3ccccc23)c1C(=O)Nc1ccccc1. The summed E-state index contributed by atoms with van der Waals surface area (Å²) in [6, 6.07) is 30.1. The van der Waals surface area contributed by atoms with Gasteiger partial charge in [-0.1, -0.05) is 74.5 Å². The van der Waals surface area contributed by atoms with Gasteiger partial charge in [-0.15, -0.1) is 0 Å². The van der Waals surface area contributed by atoms with Gasteiger partial charge in [0.25, 0.3) is 5.91 Å². The van der Waals surface area contributed by atoms with Crippen LogP contribution in [-0.2, 0) is 0 Å². The van der Waals surface area contributed by atoms with Gasteiger partial charge in [-0.3, -0.25) is 4.79 Å². The molecule has 4 heteroatoms. The predicted octanol–water partition coefficient (Wildman–Crippen LogP) is 8.02. The molecule has 0 aliphatic rings. The van der Waals surface area contributed by atoms with E-state index in [0.29, 0.717) is 5.56 Å². The monoisotopic (exact) mass is 448 g/mol. The molecule has 168 valence electrons. The average molecular weight is 449 g/mol. The molecule has 0 atom stereocenters. The highest BCUT2D eigenvalue weighted by Gasteiger charge is 2.27. The number of carbonyl (C=O) groups excluding carboxylic acids is 1. The van der Waals surface area contributed by atoms with Crippen molar-refractivity contribution in [2.45, 2.75) is 19.8 Å². The summed E-state index contributed by atoms with van der Waals surface area (Å²) in [5.74, 6) is -0.407. The number of hydrogen-bond acceptors (Lipinski definition) is 1. The summed E-state index contributed by atoms with van der Waals surface area (Å²) in [6.07, 6.45) is 0. The van der Waals surface area contributed by atoms with Crippen LogP contribution in [0.2, 0.25) is 0 Å². The number of hydrogen-bond donors (Lipinski definition) is 2. The molecule has 0 aliphatic heterocycles. The molecule has 0 bridgehead atoms. The number of aromatic nitrogens is 1. The van der Waals surface area contributed by atoms with Crippen molar-refractivity contribution >= 4 is 22.4 Å². The number of anilines is 1. The van der Waals surface area contributed by atoms with Crippen molar-refractivity contribution < 1.29 is 9.18 Å². The lowest BCUT2D eigenvalue weighted by Crippen LogP contribution is -2.15. The van der Waals surface area contributed by atoms with E-state index in [-0.39, 0.29) is 17.6 Å². The molecule has 34 heavy (non-hydrogen) atoms. The molecule has 1 heterocycles. The van der Waals surface area contributed by atoms with E-state index < -0.39 is 0 Å². The van der Waals surface area contributed by atoms with Crippen LogP contribution >= 0.6 is 0 Å². The van der Waals surface area contributed by atoms with Gasteiger partial charge in [0.05, 0.1) is 11.3 Å². The molecular formula is C30H25FN2O. The number of H-pyrrole nitrogens is 1. The van der Waals surface area contributed by atoms with Crippen LogP contribution in [0.15, 0.2) is 97.1 Å². The maximum absolute atomic E-state index is 13.8. The predicted molar refractivity (Wildman–Crippen MR) is 138 cm³/mol. The molecule has 0 radical (unpaired) electrons.